The van der Waals surface area contributed by atoms with E-state index in [-0.39, 0.29) is 12.0 Å². The van der Waals surface area contributed by atoms with Crippen LogP contribution >= 0.6 is 0 Å². The fraction of sp³-hybridized carbons (Fsp3) is 0.615. The third-order valence-electron chi connectivity index (χ3n) is 3.47. The van der Waals surface area contributed by atoms with E-state index in [2.05, 4.69) is 9.97 Å². The van der Waals surface area contributed by atoms with Crippen LogP contribution in [0.15, 0.2) is 18.5 Å². The first kappa shape index (κ1) is 11.4. The van der Waals surface area contributed by atoms with E-state index in [1.807, 2.05) is 4.90 Å². The topological polar surface area (TPSA) is 55.3 Å². The fourth-order valence-electron chi connectivity index (χ4n) is 2.24. The molecule has 18 heavy (non-hydrogen) atoms. The third kappa shape index (κ3) is 2.78. The molecule has 2 aliphatic rings. The SMILES string of the molecule is O=C(CC1CC1)N1CCC(Oc2ncccn2)C1. The van der Waals surface area contributed by atoms with E-state index in [0.29, 0.717) is 24.9 Å². The van der Waals surface area contributed by atoms with Crippen molar-refractivity contribution in [3.63, 3.8) is 0 Å². The molecule has 1 amide bonds. The lowest BCUT2D eigenvalue weighted by Gasteiger charge is -2.16. The van der Waals surface area contributed by atoms with Gasteiger partial charge in [-0.1, -0.05) is 0 Å². The minimum absolute atomic E-state index is 0.0375. The highest BCUT2D eigenvalue weighted by Crippen LogP contribution is 2.33. The molecule has 0 bridgehead atoms. The number of carbonyl (C=O) groups is 1. The van der Waals surface area contributed by atoms with Gasteiger partial charge in [0.15, 0.2) is 0 Å². The van der Waals surface area contributed by atoms with Crippen LogP contribution in [-0.2, 0) is 4.79 Å². The highest BCUT2D eigenvalue weighted by Gasteiger charge is 2.32. The Balaban J connectivity index is 1.50. The van der Waals surface area contributed by atoms with E-state index in [9.17, 15) is 4.79 Å². The second-order valence-electron chi connectivity index (χ2n) is 5.05. The van der Waals surface area contributed by atoms with Crippen LogP contribution in [0.3, 0.4) is 0 Å². The normalized spacial score (nSPS) is 23.1. The molecule has 0 N–H and O–H groups in total. The fourth-order valence-corrected chi connectivity index (χ4v) is 2.24. The lowest BCUT2D eigenvalue weighted by molar-refractivity contribution is -0.130. The number of aromatic nitrogens is 2. The Morgan fingerprint density at radius 1 is 1.33 bits per heavy atom. The van der Waals surface area contributed by atoms with Gasteiger partial charge >= 0.3 is 6.01 Å². The molecule has 96 valence electrons. The maximum atomic E-state index is 11.9. The van der Waals surface area contributed by atoms with Crippen LogP contribution in [0, 0.1) is 5.92 Å². The van der Waals surface area contributed by atoms with Crippen molar-refractivity contribution >= 4 is 5.91 Å². The van der Waals surface area contributed by atoms with Gasteiger partial charge in [0.2, 0.25) is 5.91 Å². The first-order valence-electron chi connectivity index (χ1n) is 6.53. The van der Waals surface area contributed by atoms with Gasteiger partial charge in [0.05, 0.1) is 6.54 Å². The van der Waals surface area contributed by atoms with E-state index >= 15 is 0 Å². The van der Waals surface area contributed by atoms with Gasteiger partial charge in [0.25, 0.3) is 0 Å². The summed E-state index contributed by atoms with van der Waals surface area (Å²) in [6, 6.07) is 2.16. The van der Waals surface area contributed by atoms with E-state index in [1.54, 1.807) is 18.5 Å². The molecular formula is C13H17N3O2. The molecule has 0 aromatic carbocycles. The highest BCUT2D eigenvalue weighted by molar-refractivity contribution is 5.77. The Labute approximate surface area is 106 Å². The number of amides is 1. The van der Waals surface area contributed by atoms with Gasteiger partial charge in [-0.25, -0.2) is 9.97 Å². The average Bonchev–Trinajstić information content (AvgIpc) is 3.07. The van der Waals surface area contributed by atoms with Crippen molar-refractivity contribution in [1.82, 2.24) is 14.9 Å². The van der Waals surface area contributed by atoms with Crippen LogP contribution in [-0.4, -0.2) is 40.0 Å². The molecule has 1 unspecified atom stereocenters. The van der Waals surface area contributed by atoms with Crippen LogP contribution in [0.25, 0.3) is 0 Å². The zero-order chi connectivity index (χ0) is 12.4. The molecule has 5 nitrogen and oxygen atoms in total. The lowest BCUT2D eigenvalue weighted by Crippen LogP contribution is -2.31. The third-order valence-corrected chi connectivity index (χ3v) is 3.47. The molecule has 1 aromatic rings. The van der Waals surface area contributed by atoms with Crippen molar-refractivity contribution in [2.24, 2.45) is 5.92 Å². The molecule has 0 radical (unpaired) electrons. The summed E-state index contributed by atoms with van der Waals surface area (Å²) in [6.45, 7) is 1.47. The van der Waals surface area contributed by atoms with Crippen molar-refractivity contribution < 1.29 is 9.53 Å². The van der Waals surface area contributed by atoms with Crippen molar-refractivity contribution in [2.75, 3.05) is 13.1 Å². The predicted octanol–water partition coefficient (Wildman–Crippen LogP) is 1.26. The van der Waals surface area contributed by atoms with Gasteiger partial charge in [-0.3, -0.25) is 4.79 Å². The molecule has 3 rings (SSSR count). The van der Waals surface area contributed by atoms with Gasteiger partial charge in [-0.05, 0) is 24.8 Å². The van der Waals surface area contributed by atoms with E-state index < -0.39 is 0 Å². The van der Waals surface area contributed by atoms with Gasteiger partial charge in [0.1, 0.15) is 6.10 Å². The van der Waals surface area contributed by atoms with Crippen LogP contribution < -0.4 is 4.74 Å². The highest BCUT2D eigenvalue weighted by atomic mass is 16.5. The lowest BCUT2D eigenvalue weighted by atomic mass is 10.2. The Morgan fingerprint density at radius 2 is 2.11 bits per heavy atom. The minimum Gasteiger partial charge on any atom is -0.458 e. The summed E-state index contributed by atoms with van der Waals surface area (Å²) in [5.74, 6) is 0.924. The summed E-state index contributed by atoms with van der Waals surface area (Å²) in [6.07, 6.45) is 7.38. The summed E-state index contributed by atoms with van der Waals surface area (Å²) in [5, 5.41) is 0. The summed E-state index contributed by atoms with van der Waals surface area (Å²) in [4.78, 5) is 21.9. The standard InChI is InChI=1S/C13H17N3O2/c17-12(8-10-2-3-10)16-7-4-11(9-16)18-13-14-5-1-6-15-13/h1,5-6,10-11H,2-4,7-9H2. The van der Waals surface area contributed by atoms with Crippen LogP contribution in [0.2, 0.25) is 0 Å². The number of likely N-dealkylation sites (tertiary alicyclic amines) is 1. The molecule has 1 aromatic heterocycles. The number of rotatable bonds is 4. The van der Waals surface area contributed by atoms with Crippen molar-refractivity contribution in [3.8, 4) is 6.01 Å². The van der Waals surface area contributed by atoms with E-state index in [1.165, 1.54) is 12.8 Å². The van der Waals surface area contributed by atoms with Gasteiger partial charge in [0, 0.05) is 31.8 Å². The number of hydrogen-bond acceptors (Lipinski definition) is 4. The number of carbonyl (C=O) groups excluding carboxylic acids is 1. The molecule has 1 aliphatic heterocycles. The largest absolute Gasteiger partial charge is 0.458 e. The molecular weight excluding hydrogens is 230 g/mol. The van der Waals surface area contributed by atoms with Crippen LogP contribution in [0.4, 0.5) is 0 Å². The van der Waals surface area contributed by atoms with Gasteiger partial charge in [-0.2, -0.15) is 0 Å². The average molecular weight is 247 g/mol. The van der Waals surface area contributed by atoms with Crippen LogP contribution in [0.1, 0.15) is 25.7 Å². The molecule has 2 heterocycles. The predicted molar refractivity (Wildman–Crippen MR) is 65.0 cm³/mol. The number of hydrogen-bond donors (Lipinski definition) is 0. The van der Waals surface area contributed by atoms with E-state index in [4.69, 9.17) is 4.74 Å². The molecule has 1 atom stereocenters. The molecule has 2 fully saturated rings. The zero-order valence-corrected chi connectivity index (χ0v) is 10.3. The summed E-state index contributed by atoms with van der Waals surface area (Å²) in [7, 11) is 0. The summed E-state index contributed by atoms with van der Waals surface area (Å²) in [5.41, 5.74) is 0. The van der Waals surface area contributed by atoms with E-state index in [0.717, 1.165) is 13.0 Å². The summed E-state index contributed by atoms with van der Waals surface area (Å²) >= 11 is 0. The zero-order valence-electron chi connectivity index (χ0n) is 10.3. The Hall–Kier alpha value is -1.65. The first-order valence-corrected chi connectivity index (χ1v) is 6.53. The van der Waals surface area contributed by atoms with Gasteiger partial charge < -0.3 is 9.64 Å². The Morgan fingerprint density at radius 3 is 2.83 bits per heavy atom. The maximum absolute atomic E-state index is 11.9. The minimum atomic E-state index is 0.0375. The second kappa shape index (κ2) is 4.92. The first-order chi connectivity index (χ1) is 8.81. The quantitative estimate of drug-likeness (QED) is 0.803. The number of nitrogens with zero attached hydrogens (tertiary/aromatic N) is 3. The maximum Gasteiger partial charge on any atom is 0.316 e. The molecule has 5 heteroatoms. The molecule has 1 aliphatic carbocycles. The van der Waals surface area contributed by atoms with Crippen molar-refractivity contribution in [2.45, 2.75) is 31.8 Å². The molecule has 1 saturated heterocycles. The van der Waals surface area contributed by atoms with Crippen molar-refractivity contribution in [3.05, 3.63) is 18.5 Å². The monoisotopic (exact) mass is 247 g/mol. The second-order valence-corrected chi connectivity index (χ2v) is 5.05. The molecule has 0 spiro atoms. The van der Waals surface area contributed by atoms with Crippen LogP contribution in [0.5, 0.6) is 6.01 Å². The number of ether oxygens (including phenoxy) is 1. The Kier molecular flexibility index (Phi) is 3.13. The molecule has 1 saturated carbocycles. The van der Waals surface area contributed by atoms with Crippen molar-refractivity contribution in [1.29, 1.82) is 0 Å². The Bertz CT molecular complexity index is 420. The summed E-state index contributed by atoms with van der Waals surface area (Å²) < 4.78 is 5.66. The van der Waals surface area contributed by atoms with Gasteiger partial charge in [-0.15, -0.1) is 0 Å². The smallest absolute Gasteiger partial charge is 0.316 e.